The highest BCUT2D eigenvalue weighted by atomic mass is 31.2. The maximum Gasteiger partial charge on any atom is 0.268 e. The first kappa shape index (κ1) is 76.7. The van der Waals surface area contributed by atoms with E-state index < -0.39 is 26.6 Å². The van der Waals surface area contributed by atoms with Gasteiger partial charge in [0, 0.05) is 6.42 Å². The quantitative estimate of drug-likeness (QED) is 0.0272. The van der Waals surface area contributed by atoms with Crippen LogP contribution in [0.4, 0.5) is 0 Å². The van der Waals surface area contributed by atoms with Crippen molar-refractivity contribution in [2.75, 3.05) is 40.9 Å². The van der Waals surface area contributed by atoms with Crippen LogP contribution in [0.15, 0.2) is 85.1 Å². The summed E-state index contributed by atoms with van der Waals surface area (Å²) in [5, 5.41) is 13.9. The Bertz CT molecular complexity index is 1560. The number of phosphoric ester groups is 1. The van der Waals surface area contributed by atoms with Crippen molar-refractivity contribution < 1.29 is 32.9 Å². The van der Waals surface area contributed by atoms with Crippen molar-refractivity contribution in [3.63, 3.8) is 0 Å². The summed E-state index contributed by atoms with van der Waals surface area (Å²) in [5.74, 6) is -0.208. The van der Waals surface area contributed by atoms with Crippen molar-refractivity contribution in [2.24, 2.45) is 0 Å². The van der Waals surface area contributed by atoms with E-state index in [0.717, 1.165) is 70.6 Å². The van der Waals surface area contributed by atoms with Gasteiger partial charge in [-0.05, 0) is 83.5 Å². The van der Waals surface area contributed by atoms with Crippen LogP contribution < -0.4 is 10.2 Å². The van der Waals surface area contributed by atoms with Crippen LogP contribution in [0, 0.1) is 0 Å². The number of hydrogen-bond donors (Lipinski definition) is 2. The largest absolute Gasteiger partial charge is 0.756 e. The van der Waals surface area contributed by atoms with Crippen molar-refractivity contribution in [3.8, 4) is 0 Å². The average molecular weight is 1130 g/mol. The van der Waals surface area contributed by atoms with Gasteiger partial charge in [-0.3, -0.25) is 9.36 Å². The molecule has 0 aromatic heterocycles. The second-order valence-corrected chi connectivity index (χ2v) is 25.2. The van der Waals surface area contributed by atoms with E-state index in [1.807, 2.05) is 27.2 Å². The van der Waals surface area contributed by atoms with Crippen LogP contribution in [0.1, 0.15) is 303 Å². The zero-order valence-corrected chi connectivity index (χ0v) is 53.5. The predicted octanol–water partition coefficient (Wildman–Crippen LogP) is 20.5. The van der Waals surface area contributed by atoms with Gasteiger partial charge in [-0.2, -0.15) is 0 Å². The Morgan fingerprint density at radius 3 is 1.18 bits per heavy atom. The molecule has 0 aromatic rings. The summed E-state index contributed by atoms with van der Waals surface area (Å²) >= 11 is 0. The van der Waals surface area contributed by atoms with Gasteiger partial charge in [-0.1, -0.05) is 298 Å². The Morgan fingerprint density at radius 2 is 0.785 bits per heavy atom. The van der Waals surface area contributed by atoms with Gasteiger partial charge in [-0.25, -0.2) is 0 Å². The molecule has 3 unspecified atom stereocenters. The summed E-state index contributed by atoms with van der Waals surface area (Å²) in [6.45, 7) is 4.53. The third kappa shape index (κ3) is 63.1. The SMILES string of the molecule is CC/C=C\C/C=C\C/C=C\C/C=C\CCCCCCCCCCCCCCCCCCCCCCCCCCC(=O)NC(COP(=O)([O-])OCC[N+](C)(C)C)C(O)/C=C/CC/C=C/CC/C=C/CCCCCCCCCCCC. The Labute approximate surface area is 490 Å². The number of amides is 1. The summed E-state index contributed by atoms with van der Waals surface area (Å²) in [5.41, 5.74) is 0. The predicted molar refractivity (Wildman–Crippen MR) is 343 cm³/mol. The minimum atomic E-state index is -4.61. The van der Waals surface area contributed by atoms with Crippen molar-refractivity contribution in [1.82, 2.24) is 5.32 Å². The first-order valence-corrected chi connectivity index (χ1v) is 34.9. The van der Waals surface area contributed by atoms with Gasteiger partial charge in [0.15, 0.2) is 0 Å². The van der Waals surface area contributed by atoms with Gasteiger partial charge >= 0.3 is 0 Å². The molecule has 8 nitrogen and oxygen atoms in total. The Kier molecular flexibility index (Phi) is 58.5. The molecule has 1 amide bonds. The van der Waals surface area contributed by atoms with Gasteiger partial charge < -0.3 is 28.8 Å². The summed E-state index contributed by atoms with van der Waals surface area (Å²) in [6.07, 6.45) is 85.6. The van der Waals surface area contributed by atoms with E-state index in [0.29, 0.717) is 17.4 Å². The van der Waals surface area contributed by atoms with Crippen LogP contribution in [0.2, 0.25) is 0 Å². The van der Waals surface area contributed by atoms with Gasteiger partial charge in [0.25, 0.3) is 7.82 Å². The monoisotopic (exact) mass is 1120 g/mol. The molecule has 0 spiro atoms. The smallest absolute Gasteiger partial charge is 0.268 e. The number of aliphatic hydroxyl groups excluding tert-OH is 1. The van der Waals surface area contributed by atoms with Crippen LogP contribution in [0.3, 0.4) is 0 Å². The number of aliphatic hydroxyl groups is 1. The molecule has 0 fully saturated rings. The third-order valence-corrected chi connectivity index (χ3v) is 15.8. The van der Waals surface area contributed by atoms with Crippen molar-refractivity contribution >= 4 is 13.7 Å². The lowest BCUT2D eigenvalue weighted by Crippen LogP contribution is -2.45. The number of quaternary nitrogens is 1. The van der Waals surface area contributed by atoms with Crippen LogP contribution in [0.25, 0.3) is 0 Å². The number of nitrogens with zero attached hydrogens (tertiary/aromatic N) is 1. The Morgan fingerprint density at radius 1 is 0.456 bits per heavy atom. The number of rotatable bonds is 61. The van der Waals surface area contributed by atoms with Gasteiger partial charge in [0.05, 0.1) is 39.9 Å². The molecular formula is C70H129N2O6P. The van der Waals surface area contributed by atoms with E-state index >= 15 is 0 Å². The van der Waals surface area contributed by atoms with Crippen molar-refractivity contribution in [3.05, 3.63) is 85.1 Å². The van der Waals surface area contributed by atoms with E-state index in [1.54, 1.807) is 6.08 Å². The number of likely N-dealkylation sites (N-methyl/N-ethyl adjacent to an activating group) is 1. The molecule has 0 saturated heterocycles. The van der Waals surface area contributed by atoms with Gasteiger partial charge in [0.2, 0.25) is 5.91 Å². The summed E-state index contributed by atoms with van der Waals surface area (Å²) in [4.78, 5) is 25.6. The highest BCUT2D eigenvalue weighted by Gasteiger charge is 2.23. The average Bonchev–Trinajstić information content (AvgIpc) is 3.42. The molecule has 0 heterocycles. The van der Waals surface area contributed by atoms with Crippen LogP contribution in [-0.2, 0) is 18.4 Å². The lowest BCUT2D eigenvalue weighted by atomic mass is 10.0. The molecule has 0 aliphatic carbocycles. The molecule has 460 valence electrons. The zero-order valence-electron chi connectivity index (χ0n) is 52.6. The second-order valence-electron chi connectivity index (χ2n) is 23.8. The fourth-order valence-electron chi connectivity index (χ4n) is 9.65. The molecule has 2 N–H and O–H groups in total. The van der Waals surface area contributed by atoms with Gasteiger partial charge in [-0.15, -0.1) is 0 Å². The highest BCUT2D eigenvalue weighted by molar-refractivity contribution is 7.45. The van der Waals surface area contributed by atoms with E-state index in [2.05, 4.69) is 92.1 Å². The highest BCUT2D eigenvalue weighted by Crippen LogP contribution is 2.38. The van der Waals surface area contributed by atoms with E-state index in [4.69, 9.17) is 9.05 Å². The Balaban J connectivity index is 4.03. The lowest BCUT2D eigenvalue weighted by molar-refractivity contribution is -0.870. The number of carbonyl (C=O) groups is 1. The minimum Gasteiger partial charge on any atom is -0.756 e. The number of phosphoric acid groups is 1. The lowest BCUT2D eigenvalue weighted by Gasteiger charge is -2.29. The first-order valence-electron chi connectivity index (χ1n) is 33.4. The topological polar surface area (TPSA) is 108 Å². The number of hydrogen-bond acceptors (Lipinski definition) is 6. The maximum absolute atomic E-state index is 13.0. The summed E-state index contributed by atoms with van der Waals surface area (Å²) in [7, 11) is 1.24. The molecule has 0 aliphatic heterocycles. The molecule has 3 atom stereocenters. The van der Waals surface area contributed by atoms with Crippen LogP contribution in [0.5, 0.6) is 0 Å². The molecule has 0 aliphatic rings. The fraction of sp³-hybridized carbons (Fsp3) is 0.786. The molecule has 0 aromatic carbocycles. The van der Waals surface area contributed by atoms with Crippen molar-refractivity contribution in [2.45, 2.75) is 315 Å². The normalized spacial score (nSPS) is 14.3. The summed E-state index contributed by atoms with van der Waals surface area (Å²) in [6, 6.07) is -0.912. The van der Waals surface area contributed by atoms with E-state index in [-0.39, 0.29) is 12.5 Å². The minimum absolute atomic E-state index is 0.00976. The third-order valence-electron chi connectivity index (χ3n) is 14.8. The number of carbonyl (C=O) groups excluding carboxylic acids is 1. The molecule has 9 heteroatoms. The molecule has 0 bridgehead atoms. The standard InChI is InChI=1S/C70H129N2O6P/c1-6-8-10-12-14-16-18-20-22-24-26-28-29-30-31-32-33-34-35-36-37-38-39-40-41-42-43-44-46-48-50-52-54-56-58-60-62-64-70(74)71-68(67-78-79(75,76)77-66-65-72(3,4)5)69(73)63-61-59-57-55-53-51-49-47-45-27-25-23-21-19-17-15-13-11-9-7-2/h8,10,14,16,20,22,26,28,45,47,53,55,61,63,68-69,73H,6-7,9,11-13,15,17-19,21,23-25,27,29-44,46,48-52,54,56-60,62,64-67H2,1-5H3,(H-,71,74,75,76)/b10-8-,16-14-,22-20-,28-26-,47-45+,55-53+,63-61+. The number of nitrogens with one attached hydrogen (secondary N) is 1. The number of unbranched alkanes of at least 4 members (excludes halogenated alkanes) is 36. The second kappa shape index (κ2) is 60.3. The van der Waals surface area contributed by atoms with Crippen LogP contribution >= 0.6 is 7.82 Å². The maximum atomic E-state index is 13.0. The van der Waals surface area contributed by atoms with E-state index in [9.17, 15) is 19.4 Å². The zero-order chi connectivity index (χ0) is 57.7. The molecular weight excluding hydrogens is 996 g/mol. The first-order chi connectivity index (χ1) is 38.5. The van der Waals surface area contributed by atoms with Crippen molar-refractivity contribution in [1.29, 1.82) is 0 Å². The van der Waals surface area contributed by atoms with Gasteiger partial charge in [0.1, 0.15) is 13.2 Å². The fourth-order valence-corrected chi connectivity index (χ4v) is 10.4. The molecule has 0 rings (SSSR count). The van der Waals surface area contributed by atoms with Crippen LogP contribution in [-0.4, -0.2) is 68.5 Å². The van der Waals surface area contributed by atoms with E-state index in [1.165, 1.54) is 212 Å². The molecule has 79 heavy (non-hydrogen) atoms. The molecule has 0 radical (unpaired) electrons. The summed E-state index contributed by atoms with van der Waals surface area (Å²) < 4.78 is 23.4. The number of allylic oxidation sites excluding steroid dienone is 13. The Hall–Kier alpha value is -2.32. The molecule has 0 saturated carbocycles.